The Balaban J connectivity index is 1.86. The van der Waals surface area contributed by atoms with Gasteiger partial charge in [-0.05, 0) is 51.4 Å². The molecule has 1 atom stereocenters. The largest absolute Gasteiger partial charge is 0.396 e. The topological polar surface area (TPSA) is 26.7 Å². The average molecular weight is 262 g/mol. The number of para-hydroxylation sites is 1. The van der Waals surface area contributed by atoms with Crippen molar-refractivity contribution < 1.29 is 5.11 Å². The van der Waals surface area contributed by atoms with Crippen LogP contribution in [0.4, 0.5) is 5.69 Å². The van der Waals surface area contributed by atoms with E-state index in [1.54, 1.807) is 0 Å². The summed E-state index contributed by atoms with van der Waals surface area (Å²) in [6.45, 7) is 3.70. The van der Waals surface area contributed by atoms with Crippen LogP contribution in [0.15, 0.2) is 30.3 Å². The van der Waals surface area contributed by atoms with Crippen molar-refractivity contribution >= 4 is 5.69 Å². The molecular formula is C16H26N2O. The van der Waals surface area contributed by atoms with Crippen LogP contribution in [0.1, 0.15) is 25.7 Å². The highest BCUT2D eigenvalue weighted by atomic mass is 16.2. The molecule has 1 fully saturated rings. The minimum atomic E-state index is 0.314. The normalized spacial score (nSPS) is 19.9. The summed E-state index contributed by atoms with van der Waals surface area (Å²) >= 11 is 0. The first-order chi connectivity index (χ1) is 9.31. The molecule has 1 N–H and O–H groups in total. The standard InChI is InChI=1S/C16H26N2O/c1-17(11-5-6-13-19)16-10-7-12-18(14-16)15-8-3-2-4-9-15/h2-4,8-9,16,19H,5-7,10-14H2,1H3. The summed E-state index contributed by atoms with van der Waals surface area (Å²) in [6, 6.07) is 11.4. The van der Waals surface area contributed by atoms with E-state index in [0.717, 1.165) is 25.9 Å². The molecule has 0 saturated carbocycles. The van der Waals surface area contributed by atoms with Gasteiger partial charge in [0.05, 0.1) is 0 Å². The summed E-state index contributed by atoms with van der Waals surface area (Å²) in [5.41, 5.74) is 1.34. The SMILES string of the molecule is CN(CCCCO)C1CCCN(c2ccccc2)C1. The number of unbranched alkanes of at least 4 members (excludes halogenated alkanes) is 1. The number of likely N-dealkylation sites (N-methyl/N-ethyl adjacent to an activating group) is 1. The molecule has 1 aliphatic heterocycles. The second kappa shape index (κ2) is 7.51. The molecule has 3 heteroatoms. The maximum absolute atomic E-state index is 8.85. The summed E-state index contributed by atoms with van der Waals surface area (Å²) in [5, 5.41) is 8.85. The lowest BCUT2D eigenvalue weighted by Crippen LogP contribution is -2.46. The first-order valence-corrected chi connectivity index (χ1v) is 7.42. The quantitative estimate of drug-likeness (QED) is 0.797. The van der Waals surface area contributed by atoms with E-state index in [9.17, 15) is 0 Å². The van der Waals surface area contributed by atoms with Crippen LogP contribution in [0, 0.1) is 0 Å². The number of benzene rings is 1. The van der Waals surface area contributed by atoms with Crippen LogP contribution in [-0.2, 0) is 0 Å². The van der Waals surface area contributed by atoms with Crippen molar-refractivity contribution in [1.29, 1.82) is 0 Å². The van der Waals surface area contributed by atoms with Crippen LogP contribution >= 0.6 is 0 Å². The fourth-order valence-electron chi connectivity index (χ4n) is 2.84. The monoisotopic (exact) mass is 262 g/mol. The first kappa shape index (κ1) is 14.4. The molecular weight excluding hydrogens is 236 g/mol. The van der Waals surface area contributed by atoms with E-state index in [1.165, 1.54) is 25.1 Å². The van der Waals surface area contributed by atoms with Crippen LogP contribution < -0.4 is 4.90 Å². The molecule has 0 amide bonds. The lowest BCUT2D eigenvalue weighted by Gasteiger charge is -2.39. The van der Waals surface area contributed by atoms with Gasteiger partial charge in [-0.3, -0.25) is 0 Å². The summed E-state index contributed by atoms with van der Waals surface area (Å²) < 4.78 is 0. The van der Waals surface area contributed by atoms with Crippen LogP contribution in [-0.4, -0.2) is 49.3 Å². The van der Waals surface area contributed by atoms with Gasteiger partial charge >= 0.3 is 0 Å². The Hall–Kier alpha value is -1.06. The lowest BCUT2D eigenvalue weighted by atomic mass is 10.0. The van der Waals surface area contributed by atoms with Gasteiger partial charge in [-0.15, -0.1) is 0 Å². The predicted molar refractivity (Wildman–Crippen MR) is 80.6 cm³/mol. The van der Waals surface area contributed by atoms with Gasteiger partial charge < -0.3 is 14.9 Å². The summed E-state index contributed by atoms with van der Waals surface area (Å²) in [5.74, 6) is 0. The molecule has 2 rings (SSSR count). The Kier molecular flexibility index (Phi) is 5.67. The maximum atomic E-state index is 8.85. The highest BCUT2D eigenvalue weighted by Crippen LogP contribution is 2.21. The third-order valence-electron chi connectivity index (χ3n) is 4.06. The Morgan fingerprint density at radius 1 is 1.26 bits per heavy atom. The van der Waals surface area contributed by atoms with Gasteiger partial charge in [0.25, 0.3) is 0 Å². The number of piperidine rings is 1. The van der Waals surface area contributed by atoms with Crippen LogP contribution in [0.3, 0.4) is 0 Å². The van der Waals surface area contributed by atoms with Crippen molar-refractivity contribution in [3.63, 3.8) is 0 Å². The molecule has 1 unspecified atom stereocenters. The Labute approximate surface area is 116 Å². The summed E-state index contributed by atoms with van der Waals surface area (Å²) in [4.78, 5) is 4.96. The zero-order valence-electron chi connectivity index (χ0n) is 12.0. The van der Waals surface area contributed by atoms with Crippen molar-refractivity contribution in [3.05, 3.63) is 30.3 Å². The van der Waals surface area contributed by atoms with E-state index in [2.05, 4.69) is 47.2 Å². The van der Waals surface area contributed by atoms with E-state index in [4.69, 9.17) is 5.11 Å². The van der Waals surface area contributed by atoms with E-state index >= 15 is 0 Å². The molecule has 1 aliphatic rings. The van der Waals surface area contributed by atoms with Gasteiger partial charge in [-0.2, -0.15) is 0 Å². The predicted octanol–water partition coefficient (Wildman–Crippen LogP) is 2.36. The number of aliphatic hydroxyl groups is 1. The van der Waals surface area contributed by atoms with Gasteiger partial charge in [0, 0.05) is 31.4 Å². The molecule has 1 aromatic carbocycles. The highest BCUT2D eigenvalue weighted by molar-refractivity contribution is 5.46. The van der Waals surface area contributed by atoms with Crippen molar-refractivity contribution in [2.24, 2.45) is 0 Å². The lowest BCUT2D eigenvalue weighted by molar-refractivity contribution is 0.202. The number of nitrogens with zero attached hydrogens (tertiary/aromatic N) is 2. The van der Waals surface area contributed by atoms with E-state index in [1.807, 2.05) is 0 Å². The van der Waals surface area contributed by atoms with E-state index < -0.39 is 0 Å². The molecule has 0 radical (unpaired) electrons. The zero-order valence-corrected chi connectivity index (χ0v) is 12.0. The minimum Gasteiger partial charge on any atom is -0.396 e. The van der Waals surface area contributed by atoms with Gasteiger partial charge in [-0.25, -0.2) is 0 Å². The van der Waals surface area contributed by atoms with Crippen LogP contribution in [0.2, 0.25) is 0 Å². The molecule has 0 aliphatic carbocycles. The van der Waals surface area contributed by atoms with Gasteiger partial charge in [0.1, 0.15) is 0 Å². The number of aliphatic hydroxyl groups excluding tert-OH is 1. The van der Waals surface area contributed by atoms with Crippen molar-refractivity contribution in [2.75, 3.05) is 38.2 Å². The highest BCUT2D eigenvalue weighted by Gasteiger charge is 2.22. The third-order valence-corrected chi connectivity index (χ3v) is 4.06. The van der Waals surface area contributed by atoms with Gasteiger partial charge in [0.2, 0.25) is 0 Å². The van der Waals surface area contributed by atoms with Crippen molar-refractivity contribution in [1.82, 2.24) is 4.90 Å². The molecule has 0 bridgehead atoms. The molecule has 3 nitrogen and oxygen atoms in total. The molecule has 106 valence electrons. The summed E-state index contributed by atoms with van der Waals surface area (Å²) in [6.07, 6.45) is 4.57. The Bertz CT molecular complexity index is 355. The van der Waals surface area contributed by atoms with E-state index in [-0.39, 0.29) is 0 Å². The third kappa shape index (κ3) is 4.22. The maximum Gasteiger partial charge on any atom is 0.0431 e. The summed E-state index contributed by atoms with van der Waals surface area (Å²) in [7, 11) is 2.22. The Morgan fingerprint density at radius 3 is 2.79 bits per heavy atom. The number of rotatable bonds is 6. The van der Waals surface area contributed by atoms with Crippen molar-refractivity contribution in [2.45, 2.75) is 31.7 Å². The molecule has 1 saturated heterocycles. The molecule has 1 aromatic rings. The molecule has 0 aromatic heterocycles. The average Bonchev–Trinajstić information content (AvgIpc) is 2.48. The van der Waals surface area contributed by atoms with Crippen molar-refractivity contribution in [3.8, 4) is 0 Å². The number of hydrogen-bond acceptors (Lipinski definition) is 3. The fourth-order valence-corrected chi connectivity index (χ4v) is 2.84. The van der Waals surface area contributed by atoms with Gasteiger partial charge in [0.15, 0.2) is 0 Å². The van der Waals surface area contributed by atoms with E-state index in [0.29, 0.717) is 12.6 Å². The zero-order chi connectivity index (χ0) is 13.5. The van der Waals surface area contributed by atoms with Gasteiger partial charge in [-0.1, -0.05) is 18.2 Å². The number of hydrogen-bond donors (Lipinski definition) is 1. The second-order valence-corrected chi connectivity index (χ2v) is 5.49. The smallest absolute Gasteiger partial charge is 0.0431 e. The molecule has 1 heterocycles. The minimum absolute atomic E-state index is 0.314. The fraction of sp³-hybridized carbons (Fsp3) is 0.625. The van der Waals surface area contributed by atoms with Crippen LogP contribution in [0.25, 0.3) is 0 Å². The second-order valence-electron chi connectivity index (χ2n) is 5.49. The Morgan fingerprint density at radius 2 is 2.05 bits per heavy atom. The molecule has 19 heavy (non-hydrogen) atoms. The first-order valence-electron chi connectivity index (χ1n) is 7.42. The molecule has 0 spiro atoms. The number of anilines is 1. The van der Waals surface area contributed by atoms with Crippen LogP contribution in [0.5, 0.6) is 0 Å².